The minimum Gasteiger partial charge on any atom is -0.496 e. The van der Waals surface area contributed by atoms with E-state index in [2.05, 4.69) is 15.5 Å². The van der Waals surface area contributed by atoms with E-state index in [1.165, 1.54) is 26.2 Å². The molecular formula is C18H26N4O5. The molecule has 0 aliphatic carbocycles. The summed E-state index contributed by atoms with van der Waals surface area (Å²) >= 11 is 0. The number of ether oxygens (including phenoxy) is 1. The Labute approximate surface area is 158 Å². The van der Waals surface area contributed by atoms with Crippen molar-refractivity contribution in [2.24, 2.45) is 5.92 Å². The van der Waals surface area contributed by atoms with Gasteiger partial charge >= 0.3 is 0 Å². The fourth-order valence-corrected chi connectivity index (χ4v) is 3.13. The number of likely N-dealkylation sites (tertiary alicyclic amines) is 1. The lowest BCUT2D eigenvalue weighted by molar-refractivity contribution is -0.384. The lowest BCUT2D eigenvalue weighted by Gasteiger charge is -2.35. The molecule has 148 valence electrons. The van der Waals surface area contributed by atoms with Gasteiger partial charge < -0.3 is 15.4 Å². The number of nitro groups is 1. The molecule has 9 heteroatoms. The lowest BCUT2D eigenvalue weighted by atomic mass is 9.95. The fourth-order valence-electron chi connectivity index (χ4n) is 3.13. The van der Waals surface area contributed by atoms with E-state index in [0.29, 0.717) is 18.2 Å². The molecule has 1 aliphatic heterocycles. The van der Waals surface area contributed by atoms with Crippen LogP contribution in [0.3, 0.4) is 0 Å². The summed E-state index contributed by atoms with van der Waals surface area (Å²) in [6, 6.07) is 3.92. The lowest BCUT2D eigenvalue weighted by Crippen LogP contribution is -2.47. The van der Waals surface area contributed by atoms with E-state index in [9.17, 15) is 19.7 Å². The number of methoxy groups -OCH3 is 1. The van der Waals surface area contributed by atoms with Gasteiger partial charge in [0.25, 0.3) is 5.69 Å². The molecule has 2 N–H and O–H groups in total. The number of nitrogens with one attached hydrogen (secondary N) is 2. The number of benzene rings is 1. The summed E-state index contributed by atoms with van der Waals surface area (Å²) in [7, 11) is 1.43. The van der Waals surface area contributed by atoms with E-state index in [-0.39, 0.29) is 23.2 Å². The van der Waals surface area contributed by atoms with Crippen molar-refractivity contribution in [2.45, 2.75) is 32.7 Å². The van der Waals surface area contributed by atoms with Crippen molar-refractivity contribution in [1.82, 2.24) is 10.2 Å². The number of carbonyl (C=O) groups is 2. The minimum absolute atomic E-state index is 0.0359. The molecule has 0 bridgehead atoms. The van der Waals surface area contributed by atoms with Crippen LogP contribution in [-0.2, 0) is 9.59 Å². The number of rotatable bonds is 7. The zero-order valence-electron chi connectivity index (χ0n) is 15.9. The predicted octanol–water partition coefficient (Wildman–Crippen LogP) is 1.78. The van der Waals surface area contributed by atoms with Gasteiger partial charge in [-0.05, 0) is 50.9 Å². The van der Waals surface area contributed by atoms with Crippen molar-refractivity contribution in [3.8, 4) is 5.75 Å². The van der Waals surface area contributed by atoms with Crippen LogP contribution < -0.4 is 15.4 Å². The van der Waals surface area contributed by atoms with Gasteiger partial charge in [-0.1, -0.05) is 0 Å². The molecule has 1 unspecified atom stereocenters. The number of hydrogen-bond donors (Lipinski definition) is 2. The first-order chi connectivity index (χ1) is 12.8. The Kier molecular flexibility index (Phi) is 7.12. The third-order valence-corrected chi connectivity index (χ3v) is 4.88. The Morgan fingerprint density at radius 2 is 2.04 bits per heavy atom. The van der Waals surface area contributed by atoms with Gasteiger partial charge in [-0.25, -0.2) is 0 Å². The summed E-state index contributed by atoms with van der Waals surface area (Å²) < 4.78 is 5.00. The molecule has 1 saturated heterocycles. The predicted molar refractivity (Wildman–Crippen MR) is 101 cm³/mol. The molecule has 0 radical (unpaired) electrons. The number of nitro benzene ring substituents is 1. The van der Waals surface area contributed by atoms with Crippen molar-refractivity contribution in [3.05, 3.63) is 28.3 Å². The minimum atomic E-state index is -0.545. The highest BCUT2D eigenvalue weighted by Gasteiger charge is 2.28. The van der Waals surface area contributed by atoms with Crippen LogP contribution in [0.25, 0.3) is 0 Å². The smallest absolute Gasteiger partial charge is 0.296 e. The first-order valence-electron chi connectivity index (χ1n) is 8.93. The highest BCUT2D eigenvalue weighted by molar-refractivity contribution is 5.96. The summed E-state index contributed by atoms with van der Waals surface area (Å²) in [5, 5.41) is 16.7. The maximum atomic E-state index is 12.6. The van der Waals surface area contributed by atoms with Crippen LogP contribution in [0.4, 0.5) is 11.4 Å². The van der Waals surface area contributed by atoms with Gasteiger partial charge in [-0.3, -0.25) is 24.6 Å². The Balaban J connectivity index is 1.95. The van der Waals surface area contributed by atoms with Crippen LogP contribution in [-0.4, -0.2) is 54.4 Å². The summed E-state index contributed by atoms with van der Waals surface area (Å²) in [6.07, 6.45) is 1.78. The molecule has 2 amide bonds. The van der Waals surface area contributed by atoms with E-state index in [4.69, 9.17) is 4.74 Å². The monoisotopic (exact) mass is 378 g/mol. The largest absolute Gasteiger partial charge is 0.496 e. The summed E-state index contributed by atoms with van der Waals surface area (Å²) in [6.45, 7) is 5.42. The first kappa shape index (κ1) is 20.6. The molecule has 9 nitrogen and oxygen atoms in total. The molecule has 0 aromatic heterocycles. The summed E-state index contributed by atoms with van der Waals surface area (Å²) in [5.41, 5.74) is -0.0536. The van der Waals surface area contributed by atoms with Crippen molar-refractivity contribution in [1.29, 1.82) is 0 Å². The van der Waals surface area contributed by atoms with Crippen LogP contribution in [0.15, 0.2) is 18.2 Å². The molecule has 2 rings (SSSR count). The van der Waals surface area contributed by atoms with Gasteiger partial charge in [0.05, 0.1) is 24.1 Å². The molecule has 1 heterocycles. The standard InChI is InChI=1S/C18H26N4O5/c1-12(21-8-6-14(7-9-21)11-19-13(2)23)18(24)20-16-5-4-15(27-3)10-17(16)22(25)26/h4-5,10,12,14H,6-9,11H2,1-3H3,(H,19,23)(H,20,24). The second-order valence-corrected chi connectivity index (χ2v) is 6.72. The Morgan fingerprint density at radius 3 is 2.59 bits per heavy atom. The Hall–Kier alpha value is -2.68. The number of anilines is 1. The number of hydrogen-bond acceptors (Lipinski definition) is 6. The molecule has 1 atom stereocenters. The molecule has 1 fully saturated rings. The van der Waals surface area contributed by atoms with Crippen LogP contribution in [0.2, 0.25) is 0 Å². The van der Waals surface area contributed by atoms with Crippen molar-refractivity contribution in [2.75, 3.05) is 32.1 Å². The zero-order chi connectivity index (χ0) is 20.0. The molecule has 1 aromatic carbocycles. The topological polar surface area (TPSA) is 114 Å². The van der Waals surface area contributed by atoms with E-state index in [0.717, 1.165) is 25.9 Å². The molecule has 0 spiro atoms. The SMILES string of the molecule is COc1ccc(NC(=O)C(C)N2CCC(CNC(C)=O)CC2)c([N+](=O)[O-])c1. The van der Waals surface area contributed by atoms with Crippen LogP contribution in [0.5, 0.6) is 5.75 Å². The van der Waals surface area contributed by atoms with E-state index in [1.807, 2.05) is 0 Å². The number of amides is 2. The molecular weight excluding hydrogens is 352 g/mol. The maximum Gasteiger partial charge on any atom is 0.296 e. The normalized spacial score (nSPS) is 16.4. The molecule has 0 saturated carbocycles. The quantitative estimate of drug-likeness (QED) is 0.552. The van der Waals surface area contributed by atoms with Gasteiger partial charge in [0.1, 0.15) is 11.4 Å². The highest BCUT2D eigenvalue weighted by atomic mass is 16.6. The molecule has 1 aliphatic rings. The van der Waals surface area contributed by atoms with E-state index < -0.39 is 11.0 Å². The molecule has 27 heavy (non-hydrogen) atoms. The van der Waals surface area contributed by atoms with Crippen LogP contribution >= 0.6 is 0 Å². The summed E-state index contributed by atoms with van der Waals surface area (Å²) in [5.74, 6) is 0.437. The van der Waals surface area contributed by atoms with Crippen molar-refractivity contribution < 1.29 is 19.2 Å². The Morgan fingerprint density at radius 1 is 1.37 bits per heavy atom. The zero-order valence-corrected chi connectivity index (χ0v) is 15.9. The third kappa shape index (κ3) is 5.65. The van der Waals surface area contributed by atoms with Crippen molar-refractivity contribution in [3.63, 3.8) is 0 Å². The van der Waals surface area contributed by atoms with Gasteiger partial charge in [0.2, 0.25) is 11.8 Å². The van der Waals surface area contributed by atoms with Gasteiger partial charge in [0, 0.05) is 13.5 Å². The molecule has 1 aromatic rings. The summed E-state index contributed by atoms with van der Waals surface area (Å²) in [4.78, 5) is 36.3. The van der Waals surface area contributed by atoms with Gasteiger partial charge in [-0.15, -0.1) is 0 Å². The van der Waals surface area contributed by atoms with Crippen molar-refractivity contribution >= 4 is 23.2 Å². The number of piperidine rings is 1. The maximum absolute atomic E-state index is 12.6. The number of carbonyl (C=O) groups excluding carboxylic acids is 2. The van der Waals surface area contributed by atoms with Crippen LogP contribution in [0.1, 0.15) is 26.7 Å². The third-order valence-electron chi connectivity index (χ3n) is 4.88. The fraction of sp³-hybridized carbons (Fsp3) is 0.556. The average molecular weight is 378 g/mol. The van der Waals surface area contributed by atoms with E-state index in [1.54, 1.807) is 13.0 Å². The second kappa shape index (κ2) is 9.31. The van der Waals surface area contributed by atoms with E-state index >= 15 is 0 Å². The van der Waals surface area contributed by atoms with Crippen LogP contribution in [0, 0.1) is 16.0 Å². The Bertz CT molecular complexity index is 701. The number of nitrogens with zero attached hydrogens (tertiary/aromatic N) is 2. The van der Waals surface area contributed by atoms with Gasteiger partial charge in [0.15, 0.2) is 0 Å². The average Bonchev–Trinajstić information content (AvgIpc) is 2.66. The highest BCUT2D eigenvalue weighted by Crippen LogP contribution is 2.29. The second-order valence-electron chi connectivity index (χ2n) is 6.72. The van der Waals surface area contributed by atoms with Gasteiger partial charge in [-0.2, -0.15) is 0 Å². The first-order valence-corrected chi connectivity index (χ1v) is 8.93.